The number of hydrogen-bond donors (Lipinski definition) is 0. The van der Waals surface area contributed by atoms with Crippen LogP contribution >= 0.6 is 15.9 Å². The minimum atomic E-state index is 0.891. The number of benzene rings is 6. The molecule has 0 amide bonds. The van der Waals surface area contributed by atoms with Gasteiger partial charge in [-0.3, -0.25) is 0 Å². The molecule has 7 aromatic rings. The molecule has 0 aliphatic carbocycles. The molecular formula is C32H19BrO. The lowest BCUT2D eigenvalue weighted by molar-refractivity contribution is 0.672. The van der Waals surface area contributed by atoms with Gasteiger partial charge >= 0.3 is 0 Å². The van der Waals surface area contributed by atoms with Gasteiger partial charge in [-0.2, -0.15) is 0 Å². The van der Waals surface area contributed by atoms with Gasteiger partial charge in [0.25, 0.3) is 0 Å². The second-order valence-corrected chi connectivity index (χ2v) is 9.51. The van der Waals surface area contributed by atoms with Crippen LogP contribution in [0.4, 0.5) is 0 Å². The van der Waals surface area contributed by atoms with E-state index in [1.807, 2.05) is 6.08 Å². The SMILES string of the molecule is C=Cc1ccc2c(c1)oc1c3cc(-c4c(Br)c5ccccc5c5ccccc45)ccc3ccc21. The smallest absolute Gasteiger partial charge is 0.143 e. The third-order valence-electron chi connectivity index (χ3n) is 6.87. The van der Waals surface area contributed by atoms with Crippen LogP contribution in [0.2, 0.25) is 0 Å². The van der Waals surface area contributed by atoms with Crippen LogP contribution < -0.4 is 0 Å². The van der Waals surface area contributed by atoms with E-state index < -0.39 is 0 Å². The van der Waals surface area contributed by atoms with Gasteiger partial charge in [-0.05, 0) is 78.3 Å². The van der Waals surface area contributed by atoms with Crippen LogP contribution in [0.15, 0.2) is 113 Å². The molecule has 7 rings (SSSR count). The van der Waals surface area contributed by atoms with Crippen LogP contribution in [0.5, 0.6) is 0 Å². The van der Waals surface area contributed by atoms with Crippen LogP contribution in [-0.2, 0) is 0 Å². The molecule has 0 atom stereocenters. The van der Waals surface area contributed by atoms with Crippen molar-refractivity contribution in [1.29, 1.82) is 0 Å². The normalized spacial score (nSPS) is 11.8. The maximum atomic E-state index is 6.43. The lowest BCUT2D eigenvalue weighted by atomic mass is 9.92. The first-order valence-corrected chi connectivity index (χ1v) is 12.1. The minimum Gasteiger partial charge on any atom is -0.455 e. The van der Waals surface area contributed by atoms with E-state index in [-0.39, 0.29) is 0 Å². The average molecular weight is 499 g/mol. The third kappa shape index (κ3) is 2.72. The van der Waals surface area contributed by atoms with Crippen molar-refractivity contribution in [1.82, 2.24) is 0 Å². The van der Waals surface area contributed by atoms with E-state index in [0.29, 0.717) is 0 Å². The van der Waals surface area contributed by atoms with Crippen molar-refractivity contribution in [2.24, 2.45) is 0 Å². The molecule has 0 bridgehead atoms. The van der Waals surface area contributed by atoms with E-state index >= 15 is 0 Å². The minimum absolute atomic E-state index is 0.891. The molecule has 2 heteroatoms. The van der Waals surface area contributed by atoms with Crippen LogP contribution in [-0.4, -0.2) is 0 Å². The zero-order valence-electron chi connectivity index (χ0n) is 18.3. The van der Waals surface area contributed by atoms with Crippen LogP contribution in [0, 0.1) is 0 Å². The molecule has 34 heavy (non-hydrogen) atoms. The Morgan fingerprint density at radius 3 is 2.09 bits per heavy atom. The highest BCUT2D eigenvalue weighted by Gasteiger charge is 2.16. The fourth-order valence-corrected chi connectivity index (χ4v) is 6.02. The summed E-state index contributed by atoms with van der Waals surface area (Å²) in [5, 5.41) is 9.52. The number of rotatable bonds is 2. The molecule has 6 aromatic carbocycles. The Balaban J connectivity index is 1.58. The summed E-state index contributed by atoms with van der Waals surface area (Å²) < 4.78 is 7.55. The molecule has 0 saturated heterocycles. The predicted molar refractivity (Wildman–Crippen MR) is 149 cm³/mol. The largest absolute Gasteiger partial charge is 0.455 e. The van der Waals surface area contributed by atoms with E-state index in [1.54, 1.807) is 0 Å². The summed E-state index contributed by atoms with van der Waals surface area (Å²) in [7, 11) is 0. The molecule has 0 aliphatic rings. The second-order valence-electron chi connectivity index (χ2n) is 8.72. The quantitative estimate of drug-likeness (QED) is 0.216. The second kappa shape index (κ2) is 7.31. The Labute approximate surface area is 205 Å². The van der Waals surface area contributed by atoms with Crippen molar-refractivity contribution in [3.8, 4) is 11.1 Å². The number of halogens is 1. The van der Waals surface area contributed by atoms with Gasteiger partial charge in [-0.1, -0.05) is 85.5 Å². The summed E-state index contributed by atoms with van der Waals surface area (Å²) in [6, 6.07) is 34.5. The van der Waals surface area contributed by atoms with Crippen molar-refractivity contribution in [2.45, 2.75) is 0 Å². The highest BCUT2D eigenvalue weighted by molar-refractivity contribution is 9.10. The molecular weight excluding hydrogens is 480 g/mol. The third-order valence-corrected chi connectivity index (χ3v) is 7.70. The summed E-state index contributed by atoms with van der Waals surface area (Å²) in [5.74, 6) is 0. The van der Waals surface area contributed by atoms with Gasteiger partial charge in [-0.25, -0.2) is 0 Å². The Bertz CT molecular complexity index is 1940. The maximum absolute atomic E-state index is 6.43. The monoisotopic (exact) mass is 498 g/mol. The van der Waals surface area contributed by atoms with E-state index in [0.717, 1.165) is 37.4 Å². The predicted octanol–water partition coefficient (Wildman–Crippen LogP) is 10.1. The first-order chi connectivity index (χ1) is 16.7. The van der Waals surface area contributed by atoms with Crippen molar-refractivity contribution in [3.63, 3.8) is 0 Å². The van der Waals surface area contributed by atoms with Gasteiger partial charge in [0.05, 0.1) is 0 Å². The summed E-state index contributed by atoms with van der Waals surface area (Å²) in [4.78, 5) is 0. The maximum Gasteiger partial charge on any atom is 0.143 e. The fourth-order valence-electron chi connectivity index (χ4n) is 5.23. The molecule has 0 spiro atoms. The molecule has 1 aromatic heterocycles. The Morgan fingerprint density at radius 2 is 1.29 bits per heavy atom. The van der Waals surface area contributed by atoms with Crippen LogP contribution in [0.3, 0.4) is 0 Å². The summed E-state index contributed by atoms with van der Waals surface area (Å²) >= 11 is 3.96. The van der Waals surface area contributed by atoms with E-state index in [9.17, 15) is 0 Å². The Morgan fingerprint density at radius 1 is 0.618 bits per heavy atom. The Kier molecular flexibility index (Phi) is 4.21. The fraction of sp³-hybridized carbons (Fsp3) is 0. The number of hydrogen-bond acceptors (Lipinski definition) is 1. The molecule has 0 unspecified atom stereocenters. The molecule has 0 aliphatic heterocycles. The van der Waals surface area contributed by atoms with E-state index in [2.05, 4.69) is 120 Å². The molecule has 0 radical (unpaired) electrons. The van der Waals surface area contributed by atoms with Crippen molar-refractivity contribution < 1.29 is 4.42 Å². The first-order valence-electron chi connectivity index (χ1n) is 11.3. The molecule has 1 heterocycles. The van der Waals surface area contributed by atoms with Crippen molar-refractivity contribution >= 4 is 76.3 Å². The molecule has 0 fully saturated rings. The summed E-state index contributed by atoms with van der Waals surface area (Å²) in [5.41, 5.74) is 5.25. The van der Waals surface area contributed by atoms with Gasteiger partial charge in [0.2, 0.25) is 0 Å². The zero-order valence-corrected chi connectivity index (χ0v) is 19.9. The van der Waals surface area contributed by atoms with Crippen molar-refractivity contribution in [3.05, 3.63) is 114 Å². The van der Waals surface area contributed by atoms with Crippen LogP contribution in [0.25, 0.3) is 71.5 Å². The van der Waals surface area contributed by atoms with Crippen molar-refractivity contribution in [2.75, 3.05) is 0 Å². The zero-order chi connectivity index (χ0) is 22.8. The standard InChI is InChI=1S/C32H19BrO/c1-2-19-11-15-24-27-16-14-20-12-13-21(18-28(20)32(27)34-29(24)17-19)30-25-9-5-3-7-22(25)23-8-4-6-10-26(23)31(30)33/h2-18H,1H2. The highest BCUT2D eigenvalue weighted by atomic mass is 79.9. The van der Waals surface area contributed by atoms with Crippen LogP contribution in [0.1, 0.15) is 5.56 Å². The number of fused-ring (bicyclic) bond motifs is 8. The van der Waals surface area contributed by atoms with Gasteiger partial charge in [-0.15, -0.1) is 0 Å². The van der Waals surface area contributed by atoms with Gasteiger partial charge in [0.1, 0.15) is 11.2 Å². The molecule has 1 nitrogen and oxygen atoms in total. The lowest BCUT2D eigenvalue weighted by Crippen LogP contribution is -1.88. The van der Waals surface area contributed by atoms with E-state index in [4.69, 9.17) is 4.42 Å². The average Bonchev–Trinajstić information content (AvgIpc) is 3.27. The van der Waals surface area contributed by atoms with Gasteiger partial charge in [0, 0.05) is 26.2 Å². The molecule has 0 saturated carbocycles. The molecule has 160 valence electrons. The van der Waals surface area contributed by atoms with Gasteiger partial charge < -0.3 is 4.42 Å². The number of furan rings is 1. The topological polar surface area (TPSA) is 13.1 Å². The van der Waals surface area contributed by atoms with E-state index in [1.165, 1.54) is 38.1 Å². The Hall–Kier alpha value is -3.88. The highest BCUT2D eigenvalue weighted by Crippen LogP contribution is 2.43. The molecule has 0 N–H and O–H groups in total. The summed E-state index contributed by atoms with van der Waals surface area (Å²) in [6.45, 7) is 3.90. The first kappa shape index (κ1) is 19.6. The lowest BCUT2D eigenvalue weighted by Gasteiger charge is -2.15. The van der Waals surface area contributed by atoms with Gasteiger partial charge in [0.15, 0.2) is 0 Å². The summed E-state index contributed by atoms with van der Waals surface area (Å²) in [6.07, 6.45) is 1.85.